The van der Waals surface area contributed by atoms with Crippen LogP contribution in [0.5, 0.6) is 0 Å². The first-order chi connectivity index (χ1) is 15.8. The normalized spacial score (nSPS) is 16.1. The van der Waals surface area contributed by atoms with Crippen molar-refractivity contribution >= 4 is 28.8 Å². The highest BCUT2D eigenvalue weighted by Gasteiger charge is 2.27. The molecule has 0 spiro atoms. The van der Waals surface area contributed by atoms with E-state index in [2.05, 4.69) is 25.7 Å². The number of carbonyl (C=O) groups excluding carboxylic acids is 2. The minimum atomic E-state index is -0.372. The number of carbonyl (C=O) groups is 2. The van der Waals surface area contributed by atoms with Gasteiger partial charge in [0, 0.05) is 32.2 Å². The molecule has 3 aromatic rings. The monoisotopic (exact) mass is 450 g/mol. The maximum absolute atomic E-state index is 13.3. The fourth-order valence-corrected chi connectivity index (χ4v) is 4.18. The maximum Gasteiger partial charge on any atom is 0.276 e. The van der Waals surface area contributed by atoms with Crippen LogP contribution < -0.4 is 16.4 Å². The van der Waals surface area contributed by atoms with E-state index in [0.717, 1.165) is 42.6 Å². The summed E-state index contributed by atoms with van der Waals surface area (Å²) in [6, 6.07) is 3.70. The number of imidazole rings is 1. The quantitative estimate of drug-likeness (QED) is 0.539. The van der Waals surface area contributed by atoms with Crippen LogP contribution in [0.25, 0.3) is 5.52 Å². The van der Waals surface area contributed by atoms with E-state index in [1.807, 2.05) is 26.0 Å². The van der Waals surface area contributed by atoms with Crippen molar-refractivity contribution in [2.75, 3.05) is 38.2 Å². The standard InChI is InChI=1S/C23H30N8O2/c1-13-14(2)17(8-7-15(13)10-18(32)30(3)4)28-23(33)19-20-21(24)26-12-27-31(20)22(29-19)16-6-5-9-25-11-16/h7-8,12,16,25H,5-6,9-11H2,1-4H3,(H,28,33)(H2,24,26,27)/t16-/m1/s1. The molecule has 0 bridgehead atoms. The largest absolute Gasteiger partial charge is 0.382 e. The van der Waals surface area contributed by atoms with Crippen LogP contribution in [0.2, 0.25) is 0 Å². The van der Waals surface area contributed by atoms with Gasteiger partial charge in [0.15, 0.2) is 11.5 Å². The molecule has 33 heavy (non-hydrogen) atoms. The lowest BCUT2D eigenvalue weighted by atomic mass is 9.98. The second kappa shape index (κ2) is 9.14. The van der Waals surface area contributed by atoms with Gasteiger partial charge in [0.1, 0.15) is 17.7 Å². The average Bonchev–Trinajstić information content (AvgIpc) is 3.20. The summed E-state index contributed by atoms with van der Waals surface area (Å²) in [7, 11) is 3.47. The van der Waals surface area contributed by atoms with Crippen molar-refractivity contribution in [3.8, 4) is 0 Å². The minimum absolute atomic E-state index is 0.0268. The molecule has 0 aliphatic carbocycles. The number of hydrogen-bond acceptors (Lipinski definition) is 7. The number of nitrogens with one attached hydrogen (secondary N) is 2. The molecular formula is C23H30N8O2. The van der Waals surface area contributed by atoms with Gasteiger partial charge in [0.2, 0.25) is 5.91 Å². The Hall–Kier alpha value is -3.53. The Balaban J connectivity index is 1.66. The number of aromatic nitrogens is 4. The van der Waals surface area contributed by atoms with Crippen molar-refractivity contribution in [3.63, 3.8) is 0 Å². The summed E-state index contributed by atoms with van der Waals surface area (Å²) in [5, 5.41) is 10.7. The molecule has 4 N–H and O–H groups in total. The lowest BCUT2D eigenvalue weighted by Gasteiger charge is -2.21. The summed E-state index contributed by atoms with van der Waals surface area (Å²) < 4.78 is 1.64. The van der Waals surface area contributed by atoms with Gasteiger partial charge in [-0.1, -0.05) is 6.07 Å². The first-order valence-corrected chi connectivity index (χ1v) is 11.1. The van der Waals surface area contributed by atoms with Gasteiger partial charge in [0.05, 0.1) is 6.42 Å². The summed E-state index contributed by atoms with van der Waals surface area (Å²) in [6.45, 7) is 5.63. The van der Waals surface area contributed by atoms with E-state index in [-0.39, 0.29) is 29.2 Å². The smallest absolute Gasteiger partial charge is 0.276 e. The number of rotatable bonds is 5. The van der Waals surface area contributed by atoms with Crippen LogP contribution >= 0.6 is 0 Å². The number of anilines is 2. The highest BCUT2D eigenvalue weighted by Crippen LogP contribution is 2.28. The number of fused-ring (bicyclic) bond motifs is 1. The Morgan fingerprint density at radius 2 is 2.06 bits per heavy atom. The molecule has 2 aromatic heterocycles. The zero-order valence-corrected chi connectivity index (χ0v) is 19.5. The van der Waals surface area contributed by atoms with E-state index in [4.69, 9.17) is 5.73 Å². The Morgan fingerprint density at radius 3 is 2.76 bits per heavy atom. The number of nitrogen functional groups attached to an aromatic ring is 1. The number of likely N-dealkylation sites (N-methyl/N-ethyl adjacent to an activating group) is 1. The number of benzene rings is 1. The molecule has 0 unspecified atom stereocenters. The van der Waals surface area contributed by atoms with Gasteiger partial charge in [-0.15, -0.1) is 0 Å². The molecule has 174 valence electrons. The van der Waals surface area contributed by atoms with Crippen LogP contribution in [0.1, 0.15) is 51.8 Å². The molecule has 0 saturated carbocycles. The Kier molecular flexibility index (Phi) is 6.28. The molecule has 1 fully saturated rings. The van der Waals surface area contributed by atoms with E-state index in [0.29, 0.717) is 23.4 Å². The Morgan fingerprint density at radius 1 is 1.27 bits per heavy atom. The number of hydrogen-bond donors (Lipinski definition) is 3. The molecule has 3 heterocycles. The van der Waals surface area contributed by atoms with Crippen molar-refractivity contribution in [2.24, 2.45) is 0 Å². The highest BCUT2D eigenvalue weighted by atomic mass is 16.2. The van der Waals surface area contributed by atoms with Crippen LogP contribution in [0.15, 0.2) is 18.5 Å². The fourth-order valence-electron chi connectivity index (χ4n) is 4.18. The molecule has 2 amide bonds. The topological polar surface area (TPSA) is 131 Å². The van der Waals surface area contributed by atoms with E-state index in [1.165, 1.54) is 6.33 Å². The zero-order valence-electron chi connectivity index (χ0n) is 19.5. The number of piperidine rings is 1. The molecule has 10 nitrogen and oxygen atoms in total. The summed E-state index contributed by atoms with van der Waals surface area (Å²) in [5.74, 6) is 0.715. The first kappa shape index (κ1) is 22.7. The summed E-state index contributed by atoms with van der Waals surface area (Å²) >= 11 is 0. The minimum Gasteiger partial charge on any atom is -0.382 e. The van der Waals surface area contributed by atoms with E-state index < -0.39 is 0 Å². The molecule has 4 rings (SSSR count). The second-order valence-electron chi connectivity index (χ2n) is 8.71. The lowest BCUT2D eigenvalue weighted by molar-refractivity contribution is -0.127. The van der Waals surface area contributed by atoms with E-state index >= 15 is 0 Å². The number of nitrogens with zero attached hydrogens (tertiary/aromatic N) is 5. The molecule has 1 aliphatic heterocycles. The van der Waals surface area contributed by atoms with Gasteiger partial charge >= 0.3 is 0 Å². The van der Waals surface area contributed by atoms with Gasteiger partial charge < -0.3 is 21.3 Å². The number of amides is 2. The van der Waals surface area contributed by atoms with Gasteiger partial charge in [-0.3, -0.25) is 9.59 Å². The third kappa shape index (κ3) is 4.38. The van der Waals surface area contributed by atoms with Gasteiger partial charge in [-0.25, -0.2) is 14.5 Å². The zero-order chi connectivity index (χ0) is 23.7. The molecule has 0 radical (unpaired) electrons. The molecule has 10 heteroatoms. The third-order valence-corrected chi connectivity index (χ3v) is 6.35. The molecule has 1 aromatic carbocycles. The van der Waals surface area contributed by atoms with Crippen molar-refractivity contribution < 1.29 is 9.59 Å². The van der Waals surface area contributed by atoms with Gasteiger partial charge in [0.25, 0.3) is 5.91 Å². The summed E-state index contributed by atoms with van der Waals surface area (Å²) in [5.41, 5.74) is 10.2. The van der Waals surface area contributed by atoms with Crippen LogP contribution in [0.3, 0.4) is 0 Å². The fraction of sp³-hybridized carbons (Fsp3) is 0.435. The van der Waals surface area contributed by atoms with Gasteiger partial charge in [-0.05, 0) is 56.0 Å². The summed E-state index contributed by atoms with van der Waals surface area (Å²) in [6.07, 6.45) is 3.68. The van der Waals surface area contributed by atoms with Gasteiger partial charge in [-0.2, -0.15) is 5.10 Å². The van der Waals surface area contributed by atoms with Crippen LogP contribution in [-0.2, 0) is 11.2 Å². The van der Waals surface area contributed by atoms with Crippen molar-refractivity contribution in [3.05, 3.63) is 46.7 Å². The second-order valence-corrected chi connectivity index (χ2v) is 8.71. The lowest BCUT2D eigenvalue weighted by Crippen LogP contribution is -2.29. The average molecular weight is 451 g/mol. The summed E-state index contributed by atoms with van der Waals surface area (Å²) in [4.78, 5) is 35.8. The van der Waals surface area contributed by atoms with Crippen molar-refractivity contribution in [1.29, 1.82) is 0 Å². The Bertz CT molecular complexity index is 1210. The van der Waals surface area contributed by atoms with Crippen LogP contribution in [0, 0.1) is 13.8 Å². The van der Waals surface area contributed by atoms with Crippen molar-refractivity contribution in [1.82, 2.24) is 29.8 Å². The Labute approximate surface area is 192 Å². The van der Waals surface area contributed by atoms with Crippen molar-refractivity contribution in [2.45, 2.75) is 39.0 Å². The van der Waals surface area contributed by atoms with Crippen LogP contribution in [0.4, 0.5) is 11.5 Å². The number of nitrogens with two attached hydrogens (primary N) is 1. The molecule has 1 saturated heterocycles. The predicted octanol–water partition coefficient (Wildman–Crippen LogP) is 1.67. The maximum atomic E-state index is 13.3. The predicted molar refractivity (Wildman–Crippen MR) is 126 cm³/mol. The molecule has 1 atom stereocenters. The van der Waals surface area contributed by atoms with E-state index in [1.54, 1.807) is 23.5 Å². The molecule has 1 aliphatic rings. The van der Waals surface area contributed by atoms with E-state index in [9.17, 15) is 9.59 Å². The SMILES string of the molecule is Cc1c(CC(=O)N(C)C)ccc(NC(=O)c2nc([C@@H]3CCCNC3)n3ncnc(N)c23)c1C. The third-order valence-electron chi connectivity index (χ3n) is 6.35. The highest BCUT2D eigenvalue weighted by molar-refractivity contribution is 6.09. The van der Waals surface area contributed by atoms with Crippen LogP contribution in [-0.4, -0.2) is 63.5 Å². The first-order valence-electron chi connectivity index (χ1n) is 11.1. The molecular weight excluding hydrogens is 420 g/mol.